The molecule has 1 aliphatic rings. The summed E-state index contributed by atoms with van der Waals surface area (Å²) in [6, 6.07) is 1.70. The average Bonchev–Trinajstić information content (AvgIpc) is 2.89. The molecule has 0 saturated carbocycles. The molecule has 2 heterocycles. The molecule has 0 bridgehead atoms. The van der Waals surface area contributed by atoms with Crippen LogP contribution in [0.2, 0.25) is 0 Å². The number of thiophene rings is 1. The van der Waals surface area contributed by atoms with Crippen molar-refractivity contribution in [2.45, 2.75) is 17.5 Å². The summed E-state index contributed by atoms with van der Waals surface area (Å²) in [4.78, 5) is 5.26. The van der Waals surface area contributed by atoms with E-state index in [1.54, 1.807) is 5.38 Å². The Morgan fingerprint density at radius 2 is 2.20 bits per heavy atom. The minimum Gasteiger partial charge on any atom is -0.391 e. The van der Waals surface area contributed by atoms with Gasteiger partial charge in [0.2, 0.25) is 10.0 Å². The molecular formula is C12H21N3O3S2. The van der Waals surface area contributed by atoms with E-state index in [0.717, 1.165) is 19.6 Å². The maximum Gasteiger partial charge on any atom is 0.241 e. The molecule has 0 aromatic carbocycles. The van der Waals surface area contributed by atoms with Crippen molar-refractivity contribution in [3.05, 3.63) is 16.3 Å². The lowest BCUT2D eigenvalue weighted by Crippen LogP contribution is -2.54. The second-order valence-electron chi connectivity index (χ2n) is 5.16. The Morgan fingerprint density at radius 1 is 1.45 bits per heavy atom. The molecule has 1 saturated heterocycles. The number of rotatable bonds is 5. The third-order valence-corrected chi connectivity index (χ3v) is 6.06. The highest BCUT2D eigenvalue weighted by atomic mass is 32.2. The Bertz CT molecular complexity index is 544. The number of hydrogen-bond donors (Lipinski definition) is 2. The molecule has 1 unspecified atom stereocenters. The number of likely N-dealkylation sites (N-methyl/N-ethyl adjacent to an activating group) is 2. The molecule has 0 radical (unpaired) electrons. The first-order chi connectivity index (χ1) is 9.42. The van der Waals surface area contributed by atoms with Crippen LogP contribution in [0.4, 0.5) is 0 Å². The number of piperazine rings is 1. The molecule has 8 heteroatoms. The molecule has 6 nitrogen and oxygen atoms in total. The Balaban J connectivity index is 1.98. The van der Waals surface area contributed by atoms with Gasteiger partial charge >= 0.3 is 0 Å². The van der Waals surface area contributed by atoms with E-state index in [1.807, 2.05) is 14.1 Å². The highest BCUT2D eigenvalue weighted by Crippen LogP contribution is 2.19. The lowest BCUT2D eigenvalue weighted by molar-refractivity contribution is 0.117. The molecule has 20 heavy (non-hydrogen) atoms. The van der Waals surface area contributed by atoms with Gasteiger partial charge in [-0.3, -0.25) is 4.90 Å². The summed E-state index contributed by atoms with van der Waals surface area (Å²) in [5.41, 5.74) is 0. The quantitative estimate of drug-likeness (QED) is 0.784. The number of aliphatic hydroxyl groups is 1. The van der Waals surface area contributed by atoms with E-state index in [0.29, 0.717) is 11.4 Å². The summed E-state index contributed by atoms with van der Waals surface area (Å²) in [6.45, 7) is 3.06. The summed E-state index contributed by atoms with van der Waals surface area (Å²) in [7, 11) is 0.571. The van der Waals surface area contributed by atoms with E-state index in [1.165, 1.54) is 17.4 Å². The molecule has 2 rings (SSSR count). The fraction of sp³-hybridized carbons (Fsp3) is 0.667. The Morgan fingerprint density at radius 3 is 2.85 bits per heavy atom. The van der Waals surface area contributed by atoms with E-state index in [-0.39, 0.29) is 17.5 Å². The number of nitrogens with zero attached hydrogens (tertiary/aromatic N) is 2. The number of nitrogens with one attached hydrogen (secondary N) is 1. The van der Waals surface area contributed by atoms with Gasteiger partial charge in [0.05, 0.1) is 11.5 Å². The van der Waals surface area contributed by atoms with Crippen LogP contribution in [0.15, 0.2) is 16.3 Å². The molecule has 0 aliphatic carbocycles. The molecule has 1 aliphatic heterocycles. The van der Waals surface area contributed by atoms with Crippen LogP contribution in [-0.4, -0.2) is 69.6 Å². The maximum atomic E-state index is 12.2. The van der Waals surface area contributed by atoms with Crippen LogP contribution in [0.1, 0.15) is 4.88 Å². The van der Waals surface area contributed by atoms with Gasteiger partial charge in [-0.2, -0.15) is 0 Å². The van der Waals surface area contributed by atoms with Gasteiger partial charge < -0.3 is 10.0 Å². The molecule has 2 N–H and O–H groups in total. The monoisotopic (exact) mass is 319 g/mol. The van der Waals surface area contributed by atoms with E-state index in [4.69, 9.17) is 5.11 Å². The highest BCUT2D eigenvalue weighted by Gasteiger charge is 2.24. The van der Waals surface area contributed by atoms with Gasteiger partial charge in [-0.15, -0.1) is 11.3 Å². The average molecular weight is 319 g/mol. The van der Waals surface area contributed by atoms with Crippen molar-refractivity contribution in [3.63, 3.8) is 0 Å². The summed E-state index contributed by atoms with van der Waals surface area (Å²) in [5, 5.41) is 10.6. The number of hydrogen-bond acceptors (Lipinski definition) is 6. The Labute approximate surface area is 124 Å². The van der Waals surface area contributed by atoms with Gasteiger partial charge in [0.15, 0.2) is 0 Å². The molecule has 1 fully saturated rings. The van der Waals surface area contributed by atoms with Crippen molar-refractivity contribution in [1.29, 1.82) is 0 Å². The molecule has 1 aromatic rings. The van der Waals surface area contributed by atoms with Crippen molar-refractivity contribution in [3.8, 4) is 0 Å². The summed E-state index contributed by atoms with van der Waals surface area (Å²) in [6.07, 6.45) is 0. The van der Waals surface area contributed by atoms with Crippen LogP contribution in [0.3, 0.4) is 0 Å². The van der Waals surface area contributed by atoms with Crippen LogP contribution in [0.25, 0.3) is 0 Å². The predicted octanol–water partition coefficient (Wildman–Crippen LogP) is -0.235. The first-order valence-electron chi connectivity index (χ1n) is 6.49. The van der Waals surface area contributed by atoms with Gasteiger partial charge in [-0.1, -0.05) is 0 Å². The SMILES string of the molecule is CN1CCN(C)C(CNS(=O)(=O)c2csc(CO)c2)C1. The highest BCUT2D eigenvalue weighted by molar-refractivity contribution is 7.89. The molecule has 0 spiro atoms. The van der Waals surface area contributed by atoms with Crippen molar-refractivity contribution >= 4 is 21.4 Å². The maximum absolute atomic E-state index is 12.2. The fourth-order valence-corrected chi connectivity index (χ4v) is 4.40. The minimum absolute atomic E-state index is 0.129. The van der Waals surface area contributed by atoms with Crippen LogP contribution in [-0.2, 0) is 16.6 Å². The topological polar surface area (TPSA) is 72.9 Å². The second-order valence-corrected chi connectivity index (χ2v) is 7.92. The first kappa shape index (κ1) is 15.9. The molecule has 0 amide bonds. The molecule has 1 aromatic heterocycles. The molecule has 1 atom stereocenters. The van der Waals surface area contributed by atoms with E-state index in [2.05, 4.69) is 14.5 Å². The third-order valence-electron chi connectivity index (χ3n) is 3.59. The summed E-state index contributed by atoms with van der Waals surface area (Å²) < 4.78 is 27.0. The van der Waals surface area contributed by atoms with Crippen LogP contribution >= 0.6 is 11.3 Å². The van der Waals surface area contributed by atoms with Crippen molar-refractivity contribution in [2.75, 3.05) is 40.3 Å². The van der Waals surface area contributed by atoms with Crippen LogP contribution in [0, 0.1) is 0 Å². The van der Waals surface area contributed by atoms with Gasteiger partial charge in [-0.25, -0.2) is 13.1 Å². The zero-order valence-electron chi connectivity index (χ0n) is 11.7. The van der Waals surface area contributed by atoms with Gasteiger partial charge in [0, 0.05) is 42.5 Å². The van der Waals surface area contributed by atoms with E-state index >= 15 is 0 Å². The third kappa shape index (κ3) is 3.78. The van der Waals surface area contributed by atoms with Gasteiger partial charge in [0.25, 0.3) is 0 Å². The number of aliphatic hydroxyl groups excluding tert-OH is 1. The van der Waals surface area contributed by atoms with Crippen molar-refractivity contribution < 1.29 is 13.5 Å². The smallest absolute Gasteiger partial charge is 0.241 e. The van der Waals surface area contributed by atoms with Crippen LogP contribution < -0.4 is 4.72 Å². The zero-order chi connectivity index (χ0) is 14.8. The van der Waals surface area contributed by atoms with Crippen LogP contribution in [0.5, 0.6) is 0 Å². The Kier molecular flexibility index (Phi) is 5.16. The number of sulfonamides is 1. The fourth-order valence-electron chi connectivity index (χ4n) is 2.20. The summed E-state index contributed by atoms with van der Waals surface area (Å²) >= 11 is 1.25. The van der Waals surface area contributed by atoms with Gasteiger partial charge in [-0.05, 0) is 20.2 Å². The second kappa shape index (κ2) is 6.50. The molecular weight excluding hydrogens is 298 g/mol. The normalized spacial score (nSPS) is 22.2. The zero-order valence-corrected chi connectivity index (χ0v) is 13.4. The standard InChI is InChI=1S/C12H21N3O3S2/c1-14-3-4-15(2)10(7-14)6-13-20(17,18)12-5-11(8-16)19-9-12/h5,9-10,13,16H,3-4,6-8H2,1-2H3. The molecule has 114 valence electrons. The van der Waals surface area contributed by atoms with Gasteiger partial charge in [0.1, 0.15) is 0 Å². The lowest BCUT2D eigenvalue weighted by atomic mass is 10.2. The lowest BCUT2D eigenvalue weighted by Gasteiger charge is -2.37. The van der Waals surface area contributed by atoms with E-state index < -0.39 is 10.0 Å². The Hall–Kier alpha value is -0.510. The first-order valence-corrected chi connectivity index (χ1v) is 8.85. The minimum atomic E-state index is -3.49. The largest absolute Gasteiger partial charge is 0.391 e. The summed E-state index contributed by atoms with van der Waals surface area (Å²) in [5.74, 6) is 0. The van der Waals surface area contributed by atoms with E-state index in [9.17, 15) is 8.42 Å². The predicted molar refractivity (Wildman–Crippen MR) is 79.3 cm³/mol. The van der Waals surface area contributed by atoms with Crippen molar-refractivity contribution in [2.24, 2.45) is 0 Å². The van der Waals surface area contributed by atoms with Crippen molar-refractivity contribution in [1.82, 2.24) is 14.5 Å².